The molecule has 4 atom stereocenters. The summed E-state index contributed by atoms with van der Waals surface area (Å²) in [6.07, 6.45) is -0.448. The van der Waals surface area contributed by atoms with E-state index in [1.165, 1.54) is 0 Å². The summed E-state index contributed by atoms with van der Waals surface area (Å²) in [5.41, 5.74) is 3.16. The molecular formula is C39H48N2O4Si2. The second-order valence-corrected chi connectivity index (χ2v) is 23.9. The number of rotatable bonds is 10. The fourth-order valence-corrected chi connectivity index (χ4v) is 10.7. The van der Waals surface area contributed by atoms with Gasteiger partial charge in [0, 0.05) is 0 Å². The second kappa shape index (κ2) is 12.5. The minimum absolute atomic E-state index is 0.0698. The van der Waals surface area contributed by atoms with Crippen molar-refractivity contribution in [2.45, 2.75) is 75.0 Å². The minimum atomic E-state index is -2.10. The molecule has 246 valence electrons. The Hall–Kier alpha value is -2.93. The summed E-state index contributed by atoms with van der Waals surface area (Å²) in [5, 5.41) is 0. The van der Waals surface area contributed by atoms with Gasteiger partial charge in [0.2, 0.25) is 0 Å². The maximum absolute atomic E-state index is 7.45. The summed E-state index contributed by atoms with van der Waals surface area (Å²) in [6.45, 7) is 15.5. The standard InChI is InChI=1S/C39H48N2O4Si2/c1-46(2,3)44-38(30-19-11-7-12-20-30,31-21-13-8-14-22-31)34-27-42-36-37-41(29-40(34)36)35(28-43-37)39(45-47(4,5)6,32-23-15-9-16-24-32)33-25-17-10-18-26-33/h7-26,34-37H,27-29H2,1-6H3/t34-,35-,36?,37?/m1/s1. The zero-order valence-electron chi connectivity index (χ0n) is 28.5. The Morgan fingerprint density at radius 1 is 0.489 bits per heavy atom. The summed E-state index contributed by atoms with van der Waals surface area (Å²) in [6, 6.07) is 42.9. The van der Waals surface area contributed by atoms with Crippen LogP contribution in [0.2, 0.25) is 39.3 Å². The van der Waals surface area contributed by atoms with E-state index in [4.69, 9.17) is 18.3 Å². The molecule has 3 saturated heterocycles. The zero-order valence-corrected chi connectivity index (χ0v) is 30.5. The third-order valence-electron chi connectivity index (χ3n) is 9.56. The second-order valence-electron chi connectivity index (χ2n) is 15.0. The number of benzene rings is 4. The molecule has 3 fully saturated rings. The Balaban J connectivity index is 1.35. The Labute approximate surface area is 282 Å². The Bertz CT molecular complexity index is 1430. The average molecular weight is 665 g/mol. The molecule has 7 rings (SSSR count). The van der Waals surface area contributed by atoms with Crippen molar-refractivity contribution < 1.29 is 18.3 Å². The van der Waals surface area contributed by atoms with Gasteiger partial charge in [0.05, 0.1) is 32.0 Å². The minimum Gasteiger partial charge on any atom is -0.402 e. The average Bonchev–Trinajstić information content (AvgIpc) is 3.76. The van der Waals surface area contributed by atoms with Crippen LogP contribution in [0.4, 0.5) is 0 Å². The van der Waals surface area contributed by atoms with Crippen molar-refractivity contribution in [2.75, 3.05) is 19.9 Å². The molecule has 47 heavy (non-hydrogen) atoms. The molecule has 6 nitrogen and oxygen atoms in total. The largest absolute Gasteiger partial charge is 0.402 e. The van der Waals surface area contributed by atoms with E-state index in [1.54, 1.807) is 0 Å². The van der Waals surface area contributed by atoms with Crippen LogP contribution in [0, 0.1) is 0 Å². The van der Waals surface area contributed by atoms with Gasteiger partial charge in [-0.1, -0.05) is 121 Å². The molecule has 0 radical (unpaired) electrons. The normalized spacial score (nSPS) is 24.0. The zero-order chi connectivity index (χ0) is 32.9. The lowest BCUT2D eigenvalue weighted by atomic mass is 9.79. The maximum atomic E-state index is 7.45. The molecule has 0 saturated carbocycles. The van der Waals surface area contributed by atoms with Gasteiger partial charge in [0.1, 0.15) is 11.2 Å². The number of fused-ring (bicyclic) bond motifs is 3. The molecule has 3 aliphatic rings. The summed E-state index contributed by atoms with van der Waals surface area (Å²) < 4.78 is 28.5. The van der Waals surface area contributed by atoms with Crippen molar-refractivity contribution in [3.63, 3.8) is 0 Å². The lowest BCUT2D eigenvalue weighted by molar-refractivity contribution is -0.0627. The van der Waals surface area contributed by atoms with Crippen molar-refractivity contribution >= 4 is 16.6 Å². The molecule has 0 N–H and O–H groups in total. The van der Waals surface area contributed by atoms with Gasteiger partial charge in [0.15, 0.2) is 29.1 Å². The summed E-state index contributed by atoms with van der Waals surface area (Å²) in [5.74, 6) is 0. The Kier molecular flexibility index (Phi) is 8.68. The van der Waals surface area contributed by atoms with Crippen molar-refractivity contribution in [1.29, 1.82) is 0 Å². The Morgan fingerprint density at radius 2 is 0.766 bits per heavy atom. The van der Waals surface area contributed by atoms with Crippen LogP contribution in [0.25, 0.3) is 0 Å². The first-order valence-corrected chi connectivity index (χ1v) is 23.7. The first kappa shape index (κ1) is 32.6. The van der Waals surface area contributed by atoms with Crippen molar-refractivity contribution in [3.8, 4) is 0 Å². The van der Waals surface area contributed by atoms with Crippen LogP contribution in [0.1, 0.15) is 22.3 Å². The molecule has 0 amide bonds. The quantitative estimate of drug-likeness (QED) is 0.163. The fourth-order valence-electron chi connectivity index (χ4n) is 8.04. The predicted octanol–water partition coefficient (Wildman–Crippen LogP) is 7.60. The highest BCUT2D eigenvalue weighted by Gasteiger charge is 2.63. The molecular weight excluding hydrogens is 617 g/mol. The van der Waals surface area contributed by atoms with E-state index >= 15 is 0 Å². The van der Waals surface area contributed by atoms with Crippen LogP contribution in [-0.2, 0) is 29.5 Å². The van der Waals surface area contributed by atoms with E-state index in [9.17, 15) is 0 Å². The lowest BCUT2D eigenvalue weighted by Crippen LogP contribution is -2.58. The molecule has 4 aromatic carbocycles. The summed E-state index contributed by atoms with van der Waals surface area (Å²) in [4.78, 5) is 5.01. The van der Waals surface area contributed by atoms with Crippen LogP contribution in [0.5, 0.6) is 0 Å². The first-order valence-electron chi connectivity index (χ1n) is 16.9. The molecule has 4 aromatic rings. The van der Waals surface area contributed by atoms with Gasteiger partial charge in [-0.05, 0) is 61.5 Å². The highest BCUT2D eigenvalue weighted by atomic mass is 28.4. The Morgan fingerprint density at radius 3 is 1.02 bits per heavy atom. The highest BCUT2D eigenvalue weighted by molar-refractivity contribution is 6.70. The number of hydrogen-bond donors (Lipinski definition) is 0. The smallest absolute Gasteiger partial charge is 0.185 e. The summed E-state index contributed by atoms with van der Waals surface area (Å²) >= 11 is 0. The van der Waals surface area contributed by atoms with Crippen molar-refractivity contribution in [3.05, 3.63) is 144 Å². The van der Waals surface area contributed by atoms with Crippen LogP contribution in [-0.4, -0.2) is 70.9 Å². The van der Waals surface area contributed by atoms with Gasteiger partial charge >= 0.3 is 0 Å². The van der Waals surface area contributed by atoms with E-state index in [1.807, 2.05) is 0 Å². The molecule has 8 heteroatoms. The number of hydrogen-bond acceptors (Lipinski definition) is 6. The van der Waals surface area contributed by atoms with Crippen LogP contribution >= 0.6 is 0 Å². The van der Waals surface area contributed by atoms with E-state index in [0.29, 0.717) is 19.9 Å². The van der Waals surface area contributed by atoms with E-state index in [0.717, 1.165) is 22.3 Å². The predicted molar refractivity (Wildman–Crippen MR) is 192 cm³/mol. The molecule has 0 aliphatic carbocycles. The monoisotopic (exact) mass is 664 g/mol. The van der Waals surface area contributed by atoms with Gasteiger partial charge < -0.3 is 18.3 Å². The lowest BCUT2D eigenvalue weighted by Gasteiger charge is -2.48. The van der Waals surface area contributed by atoms with Crippen LogP contribution < -0.4 is 0 Å². The van der Waals surface area contributed by atoms with Crippen LogP contribution in [0.3, 0.4) is 0 Å². The molecule has 2 unspecified atom stereocenters. The van der Waals surface area contributed by atoms with Crippen molar-refractivity contribution in [1.82, 2.24) is 9.80 Å². The highest BCUT2D eigenvalue weighted by Crippen LogP contribution is 2.51. The molecule has 0 aromatic heterocycles. The molecule has 3 heterocycles. The van der Waals surface area contributed by atoms with Gasteiger partial charge in [-0.25, -0.2) is 0 Å². The SMILES string of the molecule is C[Si](C)(C)OC(c1ccccc1)(c1ccccc1)[C@H]1COC2C3OC[C@H](C(O[Si](C)(C)C)(c4ccccc4)c4ccccc4)N3CN21. The number of ether oxygens (including phenoxy) is 2. The summed E-state index contributed by atoms with van der Waals surface area (Å²) in [7, 11) is -4.20. The topological polar surface area (TPSA) is 43.4 Å². The maximum Gasteiger partial charge on any atom is 0.185 e. The number of nitrogens with zero attached hydrogens (tertiary/aromatic N) is 2. The third-order valence-corrected chi connectivity index (χ3v) is 11.4. The van der Waals surface area contributed by atoms with E-state index in [2.05, 4.69) is 170 Å². The van der Waals surface area contributed by atoms with Crippen LogP contribution in [0.15, 0.2) is 121 Å². The van der Waals surface area contributed by atoms with Gasteiger partial charge in [0.25, 0.3) is 0 Å². The third kappa shape index (κ3) is 5.89. The molecule has 0 bridgehead atoms. The first-order chi connectivity index (χ1) is 22.5. The van der Waals surface area contributed by atoms with Crippen molar-refractivity contribution in [2.24, 2.45) is 0 Å². The van der Waals surface area contributed by atoms with E-state index < -0.39 is 27.8 Å². The van der Waals surface area contributed by atoms with E-state index in [-0.39, 0.29) is 24.5 Å². The van der Waals surface area contributed by atoms with Gasteiger partial charge in [-0.2, -0.15) is 0 Å². The molecule has 0 spiro atoms. The molecule has 3 aliphatic heterocycles. The van der Waals surface area contributed by atoms with Gasteiger partial charge in [-0.15, -0.1) is 0 Å². The van der Waals surface area contributed by atoms with Gasteiger partial charge in [-0.3, -0.25) is 9.80 Å². The fraction of sp³-hybridized carbons (Fsp3) is 0.385.